The Hall–Kier alpha value is -1.84. The zero-order valence-electron chi connectivity index (χ0n) is 11.7. The van der Waals surface area contributed by atoms with Crippen LogP contribution >= 0.6 is 11.3 Å². The molecule has 0 radical (unpaired) electrons. The van der Waals surface area contributed by atoms with Crippen LogP contribution in [0.15, 0.2) is 11.4 Å². The van der Waals surface area contributed by atoms with Gasteiger partial charge in [0.25, 0.3) is 5.91 Å². The minimum absolute atomic E-state index is 0.0188. The second-order valence-electron chi connectivity index (χ2n) is 5.20. The van der Waals surface area contributed by atoms with Gasteiger partial charge in [0.1, 0.15) is 4.88 Å². The Kier molecular flexibility index (Phi) is 3.95. The molecule has 0 aromatic carbocycles. The van der Waals surface area contributed by atoms with Crippen molar-refractivity contribution in [2.45, 2.75) is 18.9 Å². The normalized spacial score (nSPS) is 21.0. The van der Waals surface area contributed by atoms with Gasteiger partial charge in [0, 0.05) is 37.7 Å². The van der Waals surface area contributed by atoms with Crippen LogP contribution in [0.4, 0.5) is 0 Å². The minimum atomic E-state index is 0.0188. The van der Waals surface area contributed by atoms with Crippen LogP contribution in [0, 0.1) is 11.8 Å². The highest BCUT2D eigenvalue weighted by Crippen LogP contribution is 2.25. The van der Waals surface area contributed by atoms with Crippen LogP contribution in [0.3, 0.4) is 0 Å². The Morgan fingerprint density at radius 2 is 2.33 bits per heavy atom. The Balaban J connectivity index is 1.74. The van der Waals surface area contributed by atoms with Crippen LogP contribution in [0.1, 0.15) is 28.1 Å². The van der Waals surface area contributed by atoms with Crippen molar-refractivity contribution in [2.24, 2.45) is 5.73 Å². The smallest absolute Gasteiger partial charge is 0.265 e. The van der Waals surface area contributed by atoms with Crippen LogP contribution in [-0.2, 0) is 4.79 Å². The number of hydrogen-bond donors (Lipinski definition) is 1. The highest BCUT2D eigenvalue weighted by atomic mass is 32.1. The molecule has 3 heterocycles. The summed E-state index contributed by atoms with van der Waals surface area (Å²) in [5.41, 5.74) is 6.13. The molecule has 0 bridgehead atoms. The average Bonchev–Trinajstić information content (AvgIpc) is 3.11. The third-order valence-electron chi connectivity index (χ3n) is 3.97. The molecule has 0 spiro atoms. The number of nitrogens with zero attached hydrogens (tertiary/aromatic N) is 2. The lowest BCUT2D eigenvalue weighted by molar-refractivity contribution is -0.130. The highest BCUT2D eigenvalue weighted by molar-refractivity contribution is 7.12. The van der Waals surface area contributed by atoms with Crippen molar-refractivity contribution < 1.29 is 9.59 Å². The van der Waals surface area contributed by atoms with Gasteiger partial charge in [-0.25, -0.2) is 0 Å². The first kappa shape index (κ1) is 14.1. The van der Waals surface area contributed by atoms with Gasteiger partial charge >= 0.3 is 0 Å². The predicted molar refractivity (Wildman–Crippen MR) is 80.9 cm³/mol. The molecule has 2 N–H and O–H groups in total. The summed E-state index contributed by atoms with van der Waals surface area (Å²) >= 11 is 1.41. The molecular weight excluding hydrogens is 286 g/mol. The van der Waals surface area contributed by atoms with Crippen molar-refractivity contribution in [3.8, 4) is 11.8 Å². The lowest BCUT2D eigenvalue weighted by atomic mass is 10.1. The zero-order valence-corrected chi connectivity index (χ0v) is 12.5. The van der Waals surface area contributed by atoms with Gasteiger partial charge in [0.15, 0.2) is 0 Å². The number of amides is 2. The molecule has 6 heteroatoms. The Bertz CT molecular complexity index is 628. The van der Waals surface area contributed by atoms with Crippen LogP contribution in [0.5, 0.6) is 0 Å². The fourth-order valence-electron chi connectivity index (χ4n) is 2.91. The molecule has 0 saturated carbocycles. The molecule has 2 aliphatic heterocycles. The Morgan fingerprint density at radius 1 is 1.48 bits per heavy atom. The van der Waals surface area contributed by atoms with Crippen LogP contribution in [0.2, 0.25) is 0 Å². The molecule has 2 saturated heterocycles. The van der Waals surface area contributed by atoms with E-state index in [1.54, 1.807) is 0 Å². The molecule has 1 atom stereocenters. The molecule has 5 nitrogen and oxygen atoms in total. The molecule has 2 aliphatic rings. The topological polar surface area (TPSA) is 66.6 Å². The summed E-state index contributed by atoms with van der Waals surface area (Å²) in [6.45, 7) is 2.16. The summed E-state index contributed by atoms with van der Waals surface area (Å²) in [6.07, 6.45) is 1.46. The van der Waals surface area contributed by atoms with E-state index in [-0.39, 0.29) is 24.4 Å². The van der Waals surface area contributed by atoms with E-state index in [9.17, 15) is 9.59 Å². The summed E-state index contributed by atoms with van der Waals surface area (Å²) in [6, 6.07) is 2.05. The Labute approximate surface area is 127 Å². The van der Waals surface area contributed by atoms with Gasteiger partial charge in [0.2, 0.25) is 5.91 Å². The summed E-state index contributed by atoms with van der Waals surface area (Å²) in [5, 5.41) is 1.88. The molecule has 2 amide bonds. The van der Waals surface area contributed by atoms with E-state index in [0.29, 0.717) is 30.9 Å². The molecule has 21 heavy (non-hydrogen) atoms. The summed E-state index contributed by atoms with van der Waals surface area (Å²) in [5.74, 6) is 5.98. The number of hydrogen-bond acceptors (Lipinski definition) is 4. The van der Waals surface area contributed by atoms with E-state index >= 15 is 0 Å². The van der Waals surface area contributed by atoms with E-state index in [0.717, 1.165) is 12.0 Å². The molecule has 0 aliphatic carbocycles. The lowest BCUT2D eigenvalue weighted by Crippen LogP contribution is -2.53. The second-order valence-corrected chi connectivity index (χ2v) is 6.12. The zero-order chi connectivity index (χ0) is 14.8. The maximum Gasteiger partial charge on any atom is 0.265 e. The van der Waals surface area contributed by atoms with Gasteiger partial charge in [-0.2, -0.15) is 0 Å². The molecule has 3 rings (SSSR count). The summed E-state index contributed by atoms with van der Waals surface area (Å²) in [4.78, 5) is 28.8. The van der Waals surface area contributed by atoms with Gasteiger partial charge in [-0.1, -0.05) is 11.8 Å². The van der Waals surface area contributed by atoms with Gasteiger partial charge in [-0.3, -0.25) is 9.59 Å². The summed E-state index contributed by atoms with van der Waals surface area (Å²) < 4.78 is 0. The number of carbonyl (C=O) groups excluding carboxylic acids is 2. The molecule has 2 fully saturated rings. The average molecular weight is 303 g/mol. The standard InChI is InChI=1S/C15H17N3O2S/c16-6-1-2-11-5-9-21-14(11)15(20)17-7-8-18-12(10-17)3-4-13(18)19/h5,9,12H,3-4,6-8,10,16H2. The van der Waals surface area contributed by atoms with Gasteiger partial charge in [0.05, 0.1) is 6.54 Å². The van der Waals surface area contributed by atoms with Crippen LogP contribution < -0.4 is 5.73 Å². The van der Waals surface area contributed by atoms with Crippen LogP contribution in [0.25, 0.3) is 0 Å². The molecular formula is C15H17N3O2S. The van der Waals surface area contributed by atoms with E-state index in [4.69, 9.17) is 5.73 Å². The van der Waals surface area contributed by atoms with E-state index in [1.165, 1.54) is 11.3 Å². The first-order valence-corrected chi connectivity index (χ1v) is 7.94. The minimum Gasteiger partial charge on any atom is -0.336 e. The number of piperazine rings is 1. The summed E-state index contributed by atoms with van der Waals surface area (Å²) in [7, 11) is 0. The number of carbonyl (C=O) groups is 2. The van der Waals surface area contributed by atoms with Crippen LogP contribution in [-0.4, -0.2) is 53.8 Å². The van der Waals surface area contributed by atoms with Gasteiger partial charge in [-0.05, 0) is 17.9 Å². The molecule has 1 unspecified atom stereocenters. The lowest BCUT2D eigenvalue weighted by Gasteiger charge is -2.37. The Morgan fingerprint density at radius 3 is 3.14 bits per heavy atom. The van der Waals surface area contributed by atoms with Crippen molar-refractivity contribution in [1.82, 2.24) is 9.80 Å². The van der Waals surface area contributed by atoms with Crippen molar-refractivity contribution in [2.75, 3.05) is 26.2 Å². The quantitative estimate of drug-likeness (QED) is 0.769. The maximum atomic E-state index is 12.6. The largest absolute Gasteiger partial charge is 0.336 e. The van der Waals surface area contributed by atoms with Crippen molar-refractivity contribution in [1.29, 1.82) is 0 Å². The van der Waals surface area contributed by atoms with E-state index in [1.807, 2.05) is 21.2 Å². The molecule has 1 aromatic rings. The SMILES string of the molecule is NCC#Cc1ccsc1C(=O)N1CCN2C(=O)CCC2C1. The van der Waals surface area contributed by atoms with E-state index in [2.05, 4.69) is 11.8 Å². The second kappa shape index (κ2) is 5.88. The number of nitrogens with two attached hydrogens (primary N) is 1. The molecule has 1 aromatic heterocycles. The fraction of sp³-hybridized carbons (Fsp3) is 0.467. The maximum absolute atomic E-state index is 12.6. The number of rotatable bonds is 1. The third-order valence-corrected chi connectivity index (χ3v) is 4.87. The van der Waals surface area contributed by atoms with E-state index < -0.39 is 0 Å². The number of thiophene rings is 1. The first-order valence-electron chi connectivity index (χ1n) is 7.06. The number of fused-ring (bicyclic) bond motifs is 1. The van der Waals surface area contributed by atoms with Gasteiger partial charge < -0.3 is 15.5 Å². The van der Waals surface area contributed by atoms with Crippen molar-refractivity contribution in [3.63, 3.8) is 0 Å². The fourth-order valence-corrected chi connectivity index (χ4v) is 3.73. The first-order chi connectivity index (χ1) is 10.2. The van der Waals surface area contributed by atoms with Gasteiger partial charge in [-0.15, -0.1) is 11.3 Å². The van der Waals surface area contributed by atoms with Crippen molar-refractivity contribution in [3.05, 3.63) is 21.9 Å². The third kappa shape index (κ3) is 2.67. The van der Waals surface area contributed by atoms with Crippen molar-refractivity contribution >= 4 is 23.2 Å². The monoisotopic (exact) mass is 303 g/mol. The molecule has 110 valence electrons. The predicted octanol–water partition coefficient (Wildman–Crippen LogP) is 0.505. The highest BCUT2D eigenvalue weighted by Gasteiger charge is 2.37.